The van der Waals surface area contributed by atoms with Gasteiger partial charge in [0.2, 0.25) is 5.91 Å². The molecule has 1 heterocycles. The zero-order valence-electron chi connectivity index (χ0n) is 9.39. The summed E-state index contributed by atoms with van der Waals surface area (Å²) in [5.74, 6) is -1.33. The first kappa shape index (κ1) is 12.9. The Morgan fingerprint density at radius 3 is 2.62 bits per heavy atom. The molecule has 92 valence electrons. The first-order valence-corrected chi connectivity index (χ1v) is 5.40. The standard InChI is InChI=1S/C10H18N2O4/c1-2-12(4-3-9(13)14)10(15)7-5-16-6-8(7)11/h7-8H,2-6,11H2,1H3,(H,13,14). The van der Waals surface area contributed by atoms with Crippen molar-refractivity contribution in [3.05, 3.63) is 0 Å². The monoisotopic (exact) mass is 230 g/mol. The van der Waals surface area contributed by atoms with Gasteiger partial charge < -0.3 is 20.5 Å². The highest BCUT2D eigenvalue weighted by molar-refractivity contribution is 5.80. The molecule has 1 rings (SSSR count). The van der Waals surface area contributed by atoms with Gasteiger partial charge in [0.25, 0.3) is 0 Å². The van der Waals surface area contributed by atoms with E-state index in [4.69, 9.17) is 15.6 Å². The third-order valence-corrected chi connectivity index (χ3v) is 2.73. The molecule has 0 aromatic heterocycles. The molecule has 0 aromatic rings. The summed E-state index contributed by atoms with van der Waals surface area (Å²) in [6, 6.07) is -0.272. The Morgan fingerprint density at radius 1 is 1.50 bits per heavy atom. The molecule has 6 heteroatoms. The minimum atomic E-state index is -0.904. The van der Waals surface area contributed by atoms with E-state index in [9.17, 15) is 9.59 Å². The van der Waals surface area contributed by atoms with Gasteiger partial charge in [-0.25, -0.2) is 0 Å². The van der Waals surface area contributed by atoms with Gasteiger partial charge >= 0.3 is 5.97 Å². The zero-order chi connectivity index (χ0) is 12.1. The predicted octanol–water partition coefficient (Wildman–Crippen LogP) is -0.717. The zero-order valence-corrected chi connectivity index (χ0v) is 9.39. The molecule has 0 bridgehead atoms. The number of amides is 1. The van der Waals surface area contributed by atoms with Crippen LogP contribution in [0.2, 0.25) is 0 Å². The van der Waals surface area contributed by atoms with E-state index in [1.54, 1.807) is 0 Å². The van der Waals surface area contributed by atoms with E-state index in [-0.39, 0.29) is 30.8 Å². The lowest BCUT2D eigenvalue weighted by molar-refractivity contribution is -0.139. The average molecular weight is 230 g/mol. The molecule has 0 saturated carbocycles. The van der Waals surface area contributed by atoms with Crippen LogP contribution >= 0.6 is 0 Å². The normalized spacial score (nSPS) is 24.4. The number of rotatable bonds is 5. The molecule has 0 aromatic carbocycles. The van der Waals surface area contributed by atoms with Crippen molar-refractivity contribution < 1.29 is 19.4 Å². The highest BCUT2D eigenvalue weighted by Gasteiger charge is 2.33. The van der Waals surface area contributed by atoms with Crippen LogP contribution < -0.4 is 5.73 Å². The maximum Gasteiger partial charge on any atom is 0.305 e. The van der Waals surface area contributed by atoms with Gasteiger partial charge in [0.15, 0.2) is 0 Å². The second kappa shape index (κ2) is 5.81. The topological polar surface area (TPSA) is 92.9 Å². The summed E-state index contributed by atoms with van der Waals surface area (Å²) in [5.41, 5.74) is 5.74. The van der Waals surface area contributed by atoms with Gasteiger partial charge in [-0.2, -0.15) is 0 Å². The van der Waals surface area contributed by atoms with E-state index in [0.29, 0.717) is 19.8 Å². The van der Waals surface area contributed by atoms with E-state index >= 15 is 0 Å². The van der Waals surface area contributed by atoms with Crippen LogP contribution in [0.1, 0.15) is 13.3 Å². The lowest BCUT2D eigenvalue weighted by Crippen LogP contribution is -2.44. The summed E-state index contributed by atoms with van der Waals surface area (Å²) in [6.07, 6.45) is -0.0393. The Morgan fingerprint density at radius 2 is 2.19 bits per heavy atom. The number of carbonyl (C=O) groups is 2. The Balaban J connectivity index is 2.51. The largest absolute Gasteiger partial charge is 0.481 e. The second-order valence-electron chi connectivity index (χ2n) is 3.87. The number of carboxylic acid groups (broad SMARTS) is 1. The summed E-state index contributed by atoms with van der Waals surface area (Å²) >= 11 is 0. The molecule has 0 radical (unpaired) electrons. The van der Waals surface area contributed by atoms with Crippen LogP contribution in [0.3, 0.4) is 0 Å². The van der Waals surface area contributed by atoms with Gasteiger partial charge in [0, 0.05) is 19.1 Å². The fraction of sp³-hybridized carbons (Fsp3) is 0.800. The fourth-order valence-electron chi connectivity index (χ4n) is 1.71. The number of hydrogen-bond donors (Lipinski definition) is 2. The van der Waals surface area contributed by atoms with Crippen LogP contribution in [0.5, 0.6) is 0 Å². The van der Waals surface area contributed by atoms with Crippen LogP contribution in [0, 0.1) is 5.92 Å². The summed E-state index contributed by atoms with van der Waals surface area (Å²) in [7, 11) is 0. The van der Waals surface area contributed by atoms with Crippen molar-refractivity contribution >= 4 is 11.9 Å². The highest BCUT2D eigenvalue weighted by atomic mass is 16.5. The molecular weight excluding hydrogens is 212 g/mol. The molecule has 1 amide bonds. The van der Waals surface area contributed by atoms with Crippen molar-refractivity contribution in [3.63, 3.8) is 0 Å². The molecule has 3 N–H and O–H groups in total. The van der Waals surface area contributed by atoms with Gasteiger partial charge in [-0.05, 0) is 6.92 Å². The first-order chi connectivity index (χ1) is 7.56. The van der Waals surface area contributed by atoms with E-state index in [0.717, 1.165) is 0 Å². The smallest absolute Gasteiger partial charge is 0.305 e. The number of aliphatic carboxylic acids is 1. The Kier molecular flexibility index (Phi) is 4.70. The van der Waals surface area contributed by atoms with Crippen molar-refractivity contribution in [2.75, 3.05) is 26.3 Å². The lowest BCUT2D eigenvalue weighted by atomic mass is 10.0. The Bertz CT molecular complexity index is 270. The molecule has 0 spiro atoms. The summed E-state index contributed by atoms with van der Waals surface area (Å²) in [5, 5.41) is 8.57. The van der Waals surface area contributed by atoms with Crippen molar-refractivity contribution in [2.24, 2.45) is 11.7 Å². The van der Waals surface area contributed by atoms with E-state index in [1.807, 2.05) is 6.92 Å². The molecule has 1 aliphatic heterocycles. The molecule has 16 heavy (non-hydrogen) atoms. The number of carboxylic acids is 1. The Labute approximate surface area is 94.3 Å². The van der Waals surface area contributed by atoms with Gasteiger partial charge in [0.05, 0.1) is 25.6 Å². The second-order valence-corrected chi connectivity index (χ2v) is 3.87. The predicted molar refractivity (Wildman–Crippen MR) is 56.8 cm³/mol. The van der Waals surface area contributed by atoms with Gasteiger partial charge in [-0.1, -0.05) is 0 Å². The number of carbonyl (C=O) groups excluding carboxylic acids is 1. The van der Waals surface area contributed by atoms with Crippen LogP contribution in [0.25, 0.3) is 0 Å². The van der Waals surface area contributed by atoms with Gasteiger partial charge in [0.1, 0.15) is 0 Å². The van der Waals surface area contributed by atoms with Crippen LogP contribution in [-0.4, -0.2) is 54.2 Å². The number of nitrogens with zero attached hydrogens (tertiary/aromatic N) is 1. The highest BCUT2D eigenvalue weighted by Crippen LogP contribution is 2.15. The van der Waals surface area contributed by atoms with E-state index in [1.165, 1.54) is 4.90 Å². The quantitative estimate of drug-likeness (QED) is 0.650. The SMILES string of the molecule is CCN(CCC(=O)O)C(=O)C1COCC1N. The molecule has 1 fully saturated rings. The van der Waals surface area contributed by atoms with Crippen molar-refractivity contribution in [1.29, 1.82) is 0 Å². The third kappa shape index (κ3) is 3.18. The maximum atomic E-state index is 12.0. The van der Waals surface area contributed by atoms with Crippen LogP contribution in [-0.2, 0) is 14.3 Å². The molecule has 2 atom stereocenters. The maximum absolute atomic E-state index is 12.0. The molecule has 0 aliphatic carbocycles. The fourth-order valence-corrected chi connectivity index (χ4v) is 1.71. The van der Waals surface area contributed by atoms with Gasteiger partial charge in [-0.15, -0.1) is 0 Å². The molecular formula is C10H18N2O4. The van der Waals surface area contributed by atoms with Crippen LogP contribution in [0.15, 0.2) is 0 Å². The molecule has 1 saturated heterocycles. The number of ether oxygens (including phenoxy) is 1. The summed E-state index contributed by atoms with van der Waals surface area (Å²) < 4.78 is 5.12. The van der Waals surface area contributed by atoms with Crippen molar-refractivity contribution in [1.82, 2.24) is 4.90 Å². The lowest BCUT2D eigenvalue weighted by Gasteiger charge is -2.24. The third-order valence-electron chi connectivity index (χ3n) is 2.73. The van der Waals surface area contributed by atoms with Crippen LogP contribution in [0.4, 0.5) is 0 Å². The minimum absolute atomic E-state index is 0.0393. The van der Waals surface area contributed by atoms with E-state index in [2.05, 4.69) is 0 Å². The number of nitrogens with two attached hydrogens (primary N) is 1. The number of hydrogen-bond acceptors (Lipinski definition) is 4. The van der Waals surface area contributed by atoms with E-state index < -0.39 is 5.97 Å². The van der Waals surface area contributed by atoms with Crippen molar-refractivity contribution in [2.45, 2.75) is 19.4 Å². The summed E-state index contributed by atoms with van der Waals surface area (Å²) in [6.45, 7) is 3.28. The summed E-state index contributed by atoms with van der Waals surface area (Å²) in [4.78, 5) is 23.9. The molecule has 2 unspecified atom stereocenters. The first-order valence-electron chi connectivity index (χ1n) is 5.40. The Hall–Kier alpha value is -1.14. The average Bonchev–Trinajstić information content (AvgIpc) is 2.64. The van der Waals surface area contributed by atoms with Gasteiger partial charge in [-0.3, -0.25) is 9.59 Å². The molecule has 1 aliphatic rings. The van der Waals surface area contributed by atoms with Crippen molar-refractivity contribution in [3.8, 4) is 0 Å². The molecule has 6 nitrogen and oxygen atoms in total. The minimum Gasteiger partial charge on any atom is -0.481 e.